The molecule has 3 aliphatic heterocycles. The van der Waals surface area contributed by atoms with Gasteiger partial charge in [-0.25, -0.2) is 0 Å². The highest BCUT2D eigenvalue weighted by atomic mass is 16.5. The van der Waals surface area contributed by atoms with Crippen molar-refractivity contribution in [3.8, 4) is 0 Å². The number of likely N-dealkylation sites (tertiary alicyclic amines) is 3. The van der Waals surface area contributed by atoms with Gasteiger partial charge in [0.25, 0.3) is 0 Å². The van der Waals surface area contributed by atoms with Crippen LogP contribution in [0, 0.1) is 0 Å². The standard InChI is InChI=1S/C17H27N3O4/c1-24-14-6-10-18(11-7-14)13-4-8-19(9-5-13)17(23)12-20-15(21)2-3-16(20)22/h13-14H,2-12H2,1H3. The van der Waals surface area contributed by atoms with E-state index in [2.05, 4.69) is 4.90 Å². The van der Waals surface area contributed by atoms with Crippen molar-refractivity contribution in [2.45, 2.75) is 50.7 Å². The maximum Gasteiger partial charge on any atom is 0.242 e. The van der Waals surface area contributed by atoms with Crippen molar-refractivity contribution < 1.29 is 19.1 Å². The molecule has 3 heterocycles. The van der Waals surface area contributed by atoms with Gasteiger partial charge in [0.15, 0.2) is 0 Å². The Labute approximate surface area is 142 Å². The monoisotopic (exact) mass is 337 g/mol. The third-order valence-corrected chi connectivity index (χ3v) is 5.59. The average Bonchev–Trinajstić information content (AvgIpc) is 2.94. The minimum atomic E-state index is -0.218. The van der Waals surface area contributed by atoms with Gasteiger partial charge in [-0.3, -0.25) is 19.3 Å². The maximum absolute atomic E-state index is 12.4. The zero-order valence-electron chi connectivity index (χ0n) is 14.4. The molecule has 0 bridgehead atoms. The highest BCUT2D eigenvalue weighted by Crippen LogP contribution is 2.22. The predicted molar refractivity (Wildman–Crippen MR) is 87.2 cm³/mol. The number of carbonyl (C=O) groups is 3. The molecule has 3 saturated heterocycles. The SMILES string of the molecule is COC1CCN(C2CCN(C(=O)CN3C(=O)CCC3=O)CC2)CC1. The van der Waals surface area contributed by atoms with Crippen LogP contribution in [0.4, 0.5) is 0 Å². The summed E-state index contributed by atoms with van der Waals surface area (Å²) in [5, 5.41) is 0. The first kappa shape index (κ1) is 17.4. The fourth-order valence-corrected chi connectivity index (χ4v) is 3.99. The van der Waals surface area contributed by atoms with E-state index in [1.54, 1.807) is 12.0 Å². The fraction of sp³-hybridized carbons (Fsp3) is 0.824. The summed E-state index contributed by atoms with van der Waals surface area (Å²) in [7, 11) is 1.78. The lowest BCUT2D eigenvalue weighted by Crippen LogP contribution is -2.51. The first-order chi connectivity index (χ1) is 11.6. The van der Waals surface area contributed by atoms with Gasteiger partial charge in [-0.15, -0.1) is 0 Å². The molecule has 0 aromatic rings. The van der Waals surface area contributed by atoms with Crippen molar-refractivity contribution in [3.63, 3.8) is 0 Å². The highest BCUT2D eigenvalue weighted by Gasteiger charge is 2.34. The predicted octanol–water partition coefficient (Wildman–Crippen LogP) is 0.237. The van der Waals surface area contributed by atoms with Crippen LogP contribution in [0.2, 0.25) is 0 Å². The van der Waals surface area contributed by atoms with Crippen LogP contribution in [0.15, 0.2) is 0 Å². The molecule has 3 amide bonds. The molecule has 0 saturated carbocycles. The molecule has 0 spiro atoms. The molecule has 3 aliphatic rings. The number of hydrogen-bond donors (Lipinski definition) is 0. The summed E-state index contributed by atoms with van der Waals surface area (Å²) in [5.74, 6) is -0.538. The number of imide groups is 1. The molecular weight excluding hydrogens is 310 g/mol. The Morgan fingerprint density at radius 3 is 2.12 bits per heavy atom. The summed E-state index contributed by atoms with van der Waals surface area (Å²) >= 11 is 0. The zero-order chi connectivity index (χ0) is 17.1. The number of ether oxygens (including phenoxy) is 1. The van der Waals surface area contributed by atoms with Crippen LogP contribution in [0.5, 0.6) is 0 Å². The third-order valence-electron chi connectivity index (χ3n) is 5.59. The normalized spacial score (nSPS) is 24.9. The van der Waals surface area contributed by atoms with Crippen LogP contribution in [0.1, 0.15) is 38.5 Å². The number of amides is 3. The number of piperidine rings is 2. The second-order valence-corrected chi connectivity index (χ2v) is 6.96. The molecule has 3 fully saturated rings. The molecule has 7 nitrogen and oxygen atoms in total. The van der Waals surface area contributed by atoms with Gasteiger partial charge in [0.05, 0.1) is 6.10 Å². The van der Waals surface area contributed by atoms with Gasteiger partial charge in [0.1, 0.15) is 6.54 Å². The van der Waals surface area contributed by atoms with E-state index in [1.165, 1.54) is 0 Å². The van der Waals surface area contributed by atoms with Gasteiger partial charge in [0.2, 0.25) is 17.7 Å². The molecule has 0 radical (unpaired) electrons. The van der Waals surface area contributed by atoms with Crippen LogP contribution >= 0.6 is 0 Å². The van der Waals surface area contributed by atoms with Crippen molar-refractivity contribution in [1.29, 1.82) is 0 Å². The smallest absolute Gasteiger partial charge is 0.242 e. The van der Waals surface area contributed by atoms with E-state index in [0.717, 1.165) is 43.7 Å². The van der Waals surface area contributed by atoms with Gasteiger partial charge < -0.3 is 14.5 Å². The van der Waals surface area contributed by atoms with Gasteiger partial charge in [0, 0.05) is 52.2 Å². The number of rotatable bonds is 4. The minimum Gasteiger partial charge on any atom is -0.381 e. The number of nitrogens with zero attached hydrogens (tertiary/aromatic N) is 3. The van der Waals surface area contributed by atoms with E-state index in [0.29, 0.717) is 25.2 Å². The van der Waals surface area contributed by atoms with E-state index in [-0.39, 0.29) is 37.1 Å². The fourth-order valence-electron chi connectivity index (χ4n) is 3.99. The highest BCUT2D eigenvalue weighted by molar-refractivity contribution is 6.04. The van der Waals surface area contributed by atoms with Crippen molar-refractivity contribution in [2.24, 2.45) is 0 Å². The van der Waals surface area contributed by atoms with E-state index in [4.69, 9.17) is 4.74 Å². The lowest BCUT2D eigenvalue weighted by Gasteiger charge is -2.41. The van der Waals surface area contributed by atoms with Gasteiger partial charge in [-0.1, -0.05) is 0 Å². The molecular formula is C17H27N3O4. The number of hydrogen-bond acceptors (Lipinski definition) is 5. The Morgan fingerprint density at radius 2 is 1.58 bits per heavy atom. The Kier molecular flexibility index (Phi) is 5.50. The summed E-state index contributed by atoms with van der Waals surface area (Å²) in [6.07, 6.45) is 4.95. The van der Waals surface area contributed by atoms with E-state index < -0.39 is 0 Å². The van der Waals surface area contributed by atoms with Gasteiger partial charge >= 0.3 is 0 Å². The summed E-state index contributed by atoms with van der Waals surface area (Å²) in [4.78, 5) is 41.1. The minimum absolute atomic E-state index is 0.0818. The molecule has 3 rings (SSSR count). The summed E-state index contributed by atoms with van der Waals surface area (Å²) < 4.78 is 5.42. The third kappa shape index (κ3) is 3.78. The Hall–Kier alpha value is -1.47. The maximum atomic E-state index is 12.4. The first-order valence-corrected chi connectivity index (χ1v) is 8.96. The zero-order valence-corrected chi connectivity index (χ0v) is 14.4. The Bertz CT molecular complexity index is 478. The van der Waals surface area contributed by atoms with Crippen molar-refractivity contribution in [2.75, 3.05) is 39.8 Å². The molecule has 0 aliphatic carbocycles. The molecule has 0 atom stereocenters. The topological polar surface area (TPSA) is 70.2 Å². The van der Waals surface area contributed by atoms with Crippen LogP contribution < -0.4 is 0 Å². The van der Waals surface area contributed by atoms with E-state index in [1.807, 2.05) is 0 Å². The van der Waals surface area contributed by atoms with Crippen LogP contribution in [0.3, 0.4) is 0 Å². The van der Waals surface area contributed by atoms with Crippen LogP contribution in [-0.4, -0.2) is 84.4 Å². The second kappa shape index (κ2) is 7.61. The van der Waals surface area contributed by atoms with E-state index in [9.17, 15) is 14.4 Å². The Morgan fingerprint density at radius 1 is 1.00 bits per heavy atom. The van der Waals surface area contributed by atoms with Crippen molar-refractivity contribution in [1.82, 2.24) is 14.7 Å². The molecule has 24 heavy (non-hydrogen) atoms. The lowest BCUT2D eigenvalue weighted by atomic mass is 9.99. The molecule has 0 aromatic carbocycles. The average molecular weight is 337 g/mol. The molecule has 0 unspecified atom stereocenters. The van der Waals surface area contributed by atoms with Crippen molar-refractivity contribution >= 4 is 17.7 Å². The van der Waals surface area contributed by atoms with E-state index >= 15 is 0 Å². The number of methoxy groups -OCH3 is 1. The van der Waals surface area contributed by atoms with Crippen LogP contribution in [-0.2, 0) is 19.1 Å². The molecule has 7 heteroatoms. The molecule has 0 N–H and O–H groups in total. The molecule has 0 aromatic heterocycles. The van der Waals surface area contributed by atoms with Gasteiger partial charge in [-0.05, 0) is 25.7 Å². The number of carbonyl (C=O) groups excluding carboxylic acids is 3. The van der Waals surface area contributed by atoms with Crippen LogP contribution in [0.25, 0.3) is 0 Å². The summed E-state index contributed by atoms with van der Waals surface area (Å²) in [6.45, 7) is 3.47. The van der Waals surface area contributed by atoms with Crippen molar-refractivity contribution in [3.05, 3.63) is 0 Å². The summed E-state index contributed by atoms with van der Waals surface area (Å²) in [5.41, 5.74) is 0. The largest absolute Gasteiger partial charge is 0.381 e. The molecule has 134 valence electrons. The second-order valence-electron chi connectivity index (χ2n) is 6.96. The quantitative estimate of drug-likeness (QED) is 0.687. The first-order valence-electron chi connectivity index (χ1n) is 8.96. The lowest BCUT2D eigenvalue weighted by molar-refractivity contribution is -0.146. The summed E-state index contributed by atoms with van der Waals surface area (Å²) in [6, 6.07) is 0.530. The van der Waals surface area contributed by atoms with Gasteiger partial charge in [-0.2, -0.15) is 0 Å². The Balaban J connectivity index is 1.44.